The zero-order valence-corrected chi connectivity index (χ0v) is 13.3. The van der Waals surface area contributed by atoms with Crippen molar-refractivity contribution in [3.8, 4) is 5.75 Å². The van der Waals surface area contributed by atoms with Crippen molar-refractivity contribution in [2.24, 2.45) is 0 Å². The molecule has 0 saturated carbocycles. The summed E-state index contributed by atoms with van der Waals surface area (Å²) in [6.45, 7) is 0.217. The smallest absolute Gasteiger partial charge is 0.169 e. The summed E-state index contributed by atoms with van der Waals surface area (Å²) < 4.78 is 18.5. The van der Waals surface area contributed by atoms with Crippen LogP contribution in [0.5, 0.6) is 5.75 Å². The fourth-order valence-corrected chi connectivity index (χ4v) is 4.26. The molecular formula is C17H16FN3OS. The Bertz CT molecular complexity index is 860. The van der Waals surface area contributed by atoms with Crippen molar-refractivity contribution in [1.82, 2.24) is 9.97 Å². The van der Waals surface area contributed by atoms with E-state index in [0.717, 1.165) is 23.1 Å². The van der Waals surface area contributed by atoms with Crippen LogP contribution in [0.2, 0.25) is 0 Å². The number of aryl methyl sites for hydroxylation is 2. The first-order valence-electron chi connectivity index (χ1n) is 7.66. The fourth-order valence-electron chi connectivity index (χ4n) is 2.97. The van der Waals surface area contributed by atoms with Crippen LogP contribution >= 0.6 is 11.3 Å². The van der Waals surface area contributed by atoms with E-state index in [1.54, 1.807) is 23.5 Å². The molecule has 6 heteroatoms. The number of nitrogens with two attached hydrogens (primary N) is 1. The fraction of sp³-hybridized carbons (Fsp3) is 0.294. The quantitative estimate of drug-likeness (QED) is 0.792. The highest BCUT2D eigenvalue weighted by atomic mass is 32.1. The number of hydrogen-bond donors (Lipinski definition) is 1. The first-order chi connectivity index (χ1) is 11.2. The molecule has 0 aliphatic heterocycles. The average molecular weight is 329 g/mol. The van der Waals surface area contributed by atoms with Gasteiger partial charge in [-0.3, -0.25) is 0 Å². The Morgan fingerprint density at radius 2 is 1.91 bits per heavy atom. The summed E-state index contributed by atoms with van der Waals surface area (Å²) in [6, 6.07) is 5.89. The molecule has 1 aliphatic carbocycles. The predicted octanol–water partition coefficient (Wildman–Crippen LogP) is 3.87. The third kappa shape index (κ3) is 2.74. The number of thiophene rings is 1. The standard InChI is InChI=1S/C17H16FN3OS/c18-10-5-7-11(8-6-10)22-9-14-20-16(19)15-12-3-1-2-4-13(12)23-17(15)21-14/h5-8H,1-4,9H2,(H2,19,20,21). The van der Waals surface area contributed by atoms with Crippen molar-refractivity contribution in [3.63, 3.8) is 0 Å². The Morgan fingerprint density at radius 1 is 1.13 bits per heavy atom. The Morgan fingerprint density at radius 3 is 2.74 bits per heavy atom. The molecule has 0 atom stereocenters. The molecule has 0 amide bonds. The molecule has 2 aromatic heterocycles. The van der Waals surface area contributed by atoms with Crippen LogP contribution in [0.25, 0.3) is 10.2 Å². The van der Waals surface area contributed by atoms with E-state index in [-0.39, 0.29) is 12.4 Å². The number of aromatic nitrogens is 2. The lowest BCUT2D eigenvalue weighted by Gasteiger charge is -2.11. The van der Waals surface area contributed by atoms with E-state index in [1.165, 1.54) is 35.4 Å². The van der Waals surface area contributed by atoms with Gasteiger partial charge in [0.05, 0.1) is 5.39 Å². The number of nitrogen functional groups attached to an aromatic ring is 1. The van der Waals surface area contributed by atoms with E-state index in [1.807, 2.05) is 0 Å². The van der Waals surface area contributed by atoms with Gasteiger partial charge in [0.1, 0.15) is 28.8 Å². The van der Waals surface area contributed by atoms with E-state index in [4.69, 9.17) is 10.5 Å². The number of hydrogen-bond acceptors (Lipinski definition) is 5. The van der Waals surface area contributed by atoms with E-state index in [2.05, 4.69) is 9.97 Å². The van der Waals surface area contributed by atoms with Gasteiger partial charge in [-0.15, -0.1) is 11.3 Å². The number of fused-ring (bicyclic) bond motifs is 3. The zero-order valence-electron chi connectivity index (χ0n) is 12.5. The van der Waals surface area contributed by atoms with Crippen molar-refractivity contribution in [2.75, 3.05) is 5.73 Å². The van der Waals surface area contributed by atoms with Gasteiger partial charge in [-0.1, -0.05) is 0 Å². The molecule has 0 radical (unpaired) electrons. The average Bonchev–Trinajstić information content (AvgIpc) is 2.93. The highest BCUT2D eigenvalue weighted by molar-refractivity contribution is 7.19. The lowest BCUT2D eigenvalue weighted by molar-refractivity contribution is 0.296. The van der Waals surface area contributed by atoms with Crippen LogP contribution in [-0.2, 0) is 19.4 Å². The molecule has 118 valence electrons. The maximum Gasteiger partial charge on any atom is 0.169 e. The SMILES string of the molecule is Nc1nc(COc2ccc(F)cc2)nc2sc3c(c12)CCCC3. The minimum absolute atomic E-state index is 0.217. The van der Waals surface area contributed by atoms with Gasteiger partial charge in [0.2, 0.25) is 0 Å². The van der Waals surface area contributed by atoms with Crippen LogP contribution in [0, 0.1) is 5.82 Å². The predicted molar refractivity (Wildman–Crippen MR) is 89.2 cm³/mol. The Kier molecular flexibility index (Phi) is 3.61. The summed E-state index contributed by atoms with van der Waals surface area (Å²) in [7, 11) is 0. The maximum absolute atomic E-state index is 12.9. The number of ether oxygens (including phenoxy) is 1. The Hall–Kier alpha value is -2.21. The van der Waals surface area contributed by atoms with Crippen molar-refractivity contribution in [3.05, 3.63) is 46.3 Å². The molecule has 0 saturated heterocycles. The van der Waals surface area contributed by atoms with Crippen molar-refractivity contribution < 1.29 is 9.13 Å². The van der Waals surface area contributed by atoms with Gasteiger partial charge in [0, 0.05) is 4.88 Å². The summed E-state index contributed by atoms with van der Waals surface area (Å²) in [5.41, 5.74) is 7.50. The lowest BCUT2D eigenvalue weighted by atomic mass is 9.97. The highest BCUT2D eigenvalue weighted by Crippen LogP contribution is 2.37. The number of nitrogens with zero attached hydrogens (tertiary/aromatic N) is 2. The monoisotopic (exact) mass is 329 g/mol. The summed E-state index contributed by atoms with van der Waals surface area (Å²) in [6.07, 6.45) is 4.60. The summed E-state index contributed by atoms with van der Waals surface area (Å²) in [4.78, 5) is 11.3. The summed E-state index contributed by atoms with van der Waals surface area (Å²) in [5, 5.41) is 1.02. The van der Waals surface area contributed by atoms with E-state index in [0.29, 0.717) is 17.4 Å². The summed E-state index contributed by atoms with van der Waals surface area (Å²) in [5.74, 6) is 1.38. The molecule has 23 heavy (non-hydrogen) atoms. The topological polar surface area (TPSA) is 61.0 Å². The molecule has 4 nitrogen and oxygen atoms in total. The summed E-state index contributed by atoms with van der Waals surface area (Å²) >= 11 is 1.72. The first kappa shape index (κ1) is 14.4. The van der Waals surface area contributed by atoms with Crippen LogP contribution < -0.4 is 10.5 Å². The number of anilines is 1. The molecule has 3 aromatic rings. The van der Waals surface area contributed by atoms with Crippen LogP contribution in [0.4, 0.5) is 10.2 Å². The number of halogens is 1. The van der Waals surface area contributed by atoms with Crippen molar-refractivity contribution in [1.29, 1.82) is 0 Å². The molecular weight excluding hydrogens is 313 g/mol. The van der Waals surface area contributed by atoms with Crippen LogP contribution in [0.3, 0.4) is 0 Å². The molecule has 4 rings (SSSR count). The highest BCUT2D eigenvalue weighted by Gasteiger charge is 2.20. The normalized spacial score (nSPS) is 14.0. The molecule has 2 N–H and O–H groups in total. The third-order valence-corrected chi connectivity index (χ3v) is 5.26. The second-order valence-electron chi connectivity index (χ2n) is 5.66. The maximum atomic E-state index is 12.9. The molecule has 0 unspecified atom stereocenters. The van der Waals surface area contributed by atoms with Crippen molar-refractivity contribution in [2.45, 2.75) is 32.3 Å². The van der Waals surface area contributed by atoms with E-state index < -0.39 is 0 Å². The Balaban J connectivity index is 1.62. The second-order valence-corrected chi connectivity index (χ2v) is 6.74. The van der Waals surface area contributed by atoms with Gasteiger partial charge >= 0.3 is 0 Å². The van der Waals surface area contributed by atoms with Crippen LogP contribution in [-0.4, -0.2) is 9.97 Å². The van der Waals surface area contributed by atoms with Gasteiger partial charge < -0.3 is 10.5 Å². The van der Waals surface area contributed by atoms with Crippen LogP contribution in [0.1, 0.15) is 29.1 Å². The molecule has 1 aromatic carbocycles. The number of benzene rings is 1. The number of rotatable bonds is 3. The Labute approximate surface area is 137 Å². The van der Waals surface area contributed by atoms with Gasteiger partial charge in [-0.05, 0) is 55.5 Å². The van der Waals surface area contributed by atoms with E-state index >= 15 is 0 Å². The molecule has 2 heterocycles. The van der Waals surface area contributed by atoms with Crippen LogP contribution in [0.15, 0.2) is 24.3 Å². The van der Waals surface area contributed by atoms with Gasteiger partial charge in [0.15, 0.2) is 5.82 Å². The van der Waals surface area contributed by atoms with Crippen molar-refractivity contribution >= 4 is 27.4 Å². The second kappa shape index (κ2) is 5.77. The molecule has 0 fully saturated rings. The molecule has 0 bridgehead atoms. The van der Waals surface area contributed by atoms with Gasteiger partial charge in [-0.2, -0.15) is 0 Å². The first-order valence-corrected chi connectivity index (χ1v) is 8.47. The minimum atomic E-state index is -0.288. The third-order valence-electron chi connectivity index (χ3n) is 4.07. The molecule has 1 aliphatic rings. The lowest BCUT2D eigenvalue weighted by Crippen LogP contribution is -2.05. The van der Waals surface area contributed by atoms with E-state index in [9.17, 15) is 4.39 Å². The zero-order chi connectivity index (χ0) is 15.8. The largest absolute Gasteiger partial charge is 0.486 e. The van der Waals surface area contributed by atoms with Gasteiger partial charge in [-0.25, -0.2) is 14.4 Å². The molecule has 0 spiro atoms. The minimum Gasteiger partial charge on any atom is -0.486 e. The van der Waals surface area contributed by atoms with Gasteiger partial charge in [0.25, 0.3) is 0 Å².